The summed E-state index contributed by atoms with van der Waals surface area (Å²) in [6, 6.07) is 12.0. The summed E-state index contributed by atoms with van der Waals surface area (Å²) in [5.74, 6) is 0. The molecule has 0 unspecified atom stereocenters. The van der Waals surface area contributed by atoms with Crippen LogP contribution in [0.25, 0.3) is 11.1 Å². The van der Waals surface area contributed by atoms with E-state index in [4.69, 9.17) is 0 Å². The van der Waals surface area contributed by atoms with Crippen LogP contribution in [0.5, 0.6) is 0 Å². The van der Waals surface area contributed by atoms with Gasteiger partial charge in [-0.3, -0.25) is 0 Å². The Hall–Kier alpha value is -2.01. The fourth-order valence-corrected chi connectivity index (χ4v) is 3.98. The molecule has 0 N–H and O–H groups in total. The molecule has 0 aromatic heterocycles. The largest absolute Gasteiger partial charge is 0.264 e. The van der Waals surface area contributed by atoms with Crippen LogP contribution < -0.4 is 0 Å². The maximum Gasteiger partial charge on any atom is 0.264 e. The first-order valence-electron chi connectivity index (χ1n) is 8.19. The van der Waals surface area contributed by atoms with E-state index in [2.05, 4.69) is 0 Å². The third-order valence-electron chi connectivity index (χ3n) is 4.71. The van der Waals surface area contributed by atoms with E-state index in [9.17, 15) is 17.2 Å². The monoisotopic (exact) mass is 362 g/mol. The van der Waals surface area contributed by atoms with Crippen molar-refractivity contribution < 1.29 is 17.2 Å². The first-order valence-corrected chi connectivity index (χ1v) is 10.1. The second-order valence-electron chi connectivity index (χ2n) is 6.48. The molecule has 1 aliphatic rings. The predicted octanol–water partition coefficient (Wildman–Crippen LogP) is 5.43. The normalized spacial score (nSPS) is 15.2. The van der Waals surface area contributed by atoms with E-state index in [-0.39, 0.29) is 10.5 Å². The van der Waals surface area contributed by atoms with Gasteiger partial charge in [0.05, 0.1) is 4.90 Å². The van der Waals surface area contributed by atoms with Crippen LogP contribution in [-0.2, 0) is 9.84 Å². The molecule has 2 aromatic carbocycles. The summed E-state index contributed by atoms with van der Waals surface area (Å²) in [7, 11) is -3.23. The van der Waals surface area contributed by atoms with Crippen molar-refractivity contribution in [2.45, 2.75) is 37.5 Å². The Labute approximate surface area is 147 Å². The zero-order valence-corrected chi connectivity index (χ0v) is 15.0. The second-order valence-corrected chi connectivity index (χ2v) is 8.50. The molecule has 5 heteroatoms. The van der Waals surface area contributed by atoms with Crippen molar-refractivity contribution in [3.8, 4) is 0 Å². The molecule has 0 atom stereocenters. The lowest BCUT2D eigenvalue weighted by Crippen LogP contribution is -1.97. The molecule has 1 aliphatic carbocycles. The highest BCUT2D eigenvalue weighted by atomic mass is 32.2. The minimum atomic E-state index is -3.23. The molecule has 0 saturated carbocycles. The molecular weight excluding hydrogens is 342 g/mol. The van der Waals surface area contributed by atoms with Gasteiger partial charge in [-0.05, 0) is 72.2 Å². The first-order chi connectivity index (χ1) is 11.8. The van der Waals surface area contributed by atoms with Gasteiger partial charge in [-0.15, -0.1) is 0 Å². The number of halogens is 2. The molecule has 0 amide bonds. The Morgan fingerprint density at radius 2 is 1.48 bits per heavy atom. The van der Waals surface area contributed by atoms with Gasteiger partial charge >= 0.3 is 0 Å². The van der Waals surface area contributed by atoms with E-state index < -0.39 is 16.3 Å². The molecule has 0 fully saturated rings. The highest BCUT2D eigenvalue weighted by Gasteiger charge is 2.20. The fourth-order valence-electron chi connectivity index (χ4n) is 3.35. The molecule has 0 heterocycles. The zero-order chi connectivity index (χ0) is 18.2. The van der Waals surface area contributed by atoms with E-state index >= 15 is 0 Å². The summed E-state index contributed by atoms with van der Waals surface area (Å²) < 4.78 is 49.6. The number of sulfone groups is 1. The minimum absolute atomic E-state index is 0.0728. The average Bonchev–Trinajstić information content (AvgIpc) is 3.04. The predicted molar refractivity (Wildman–Crippen MR) is 96.4 cm³/mol. The highest BCUT2D eigenvalue weighted by Crippen LogP contribution is 2.41. The summed E-state index contributed by atoms with van der Waals surface area (Å²) in [6.45, 7) is 1.69. The summed E-state index contributed by atoms with van der Waals surface area (Å²) >= 11 is 0. The van der Waals surface area contributed by atoms with Gasteiger partial charge in [-0.25, -0.2) is 17.2 Å². The van der Waals surface area contributed by atoms with Crippen molar-refractivity contribution in [1.82, 2.24) is 0 Å². The zero-order valence-electron chi connectivity index (χ0n) is 14.2. The maximum atomic E-state index is 13.2. The SMILES string of the molecule is Cc1ccc(C2=C(c3ccc(S(C)(=O)=O)cc3)CCC2)cc1C(F)F. The number of hydrogen-bond donors (Lipinski definition) is 0. The van der Waals surface area contributed by atoms with Gasteiger partial charge in [0.15, 0.2) is 9.84 Å². The van der Waals surface area contributed by atoms with Crippen molar-refractivity contribution >= 4 is 21.0 Å². The van der Waals surface area contributed by atoms with Crippen molar-refractivity contribution in [3.63, 3.8) is 0 Å². The first kappa shape index (κ1) is 17.8. The minimum Gasteiger partial charge on any atom is -0.224 e. The van der Waals surface area contributed by atoms with Gasteiger partial charge in [0.1, 0.15) is 0 Å². The lowest BCUT2D eigenvalue weighted by molar-refractivity contribution is 0.150. The van der Waals surface area contributed by atoms with E-state index in [1.807, 2.05) is 6.07 Å². The van der Waals surface area contributed by atoms with Crippen LogP contribution in [-0.4, -0.2) is 14.7 Å². The number of allylic oxidation sites excluding steroid dienone is 2. The van der Waals surface area contributed by atoms with E-state index in [1.165, 1.54) is 6.26 Å². The molecule has 132 valence electrons. The van der Waals surface area contributed by atoms with Crippen LogP contribution in [0, 0.1) is 6.92 Å². The maximum absolute atomic E-state index is 13.2. The standard InChI is InChI=1S/C20H20F2O2S/c1-13-6-7-15(12-19(13)20(21)22)18-5-3-4-17(18)14-8-10-16(11-9-14)25(2,23)24/h6-12,20H,3-5H2,1-2H3. The molecular formula is C20H20F2O2S. The summed E-state index contributed by atoms with van der Waals surface area (Å²) in [4.78, 5) is 0.284. The van der Waals surface area contributed by atoms with Gasteiger partial charge < -0.3 is 0 Å². The highest BCUT2D eigenvalue weighted by molar-refractivity contribution is 7.90. The van der Waals surface area contributed by atoms with E-state index in [0.717, 1.165) is 41.5 Å². The van der Waals surface area contributed by atoms with Crippen LogP contribution >= 0.6 is 0 Å². The van der Waals surface area contributed by atoms with Gasteiger partial charge in [0.2, 0.25) is 0 Å². The third-order valence-corrected chi connectivity index (χ3v) is 5.84. The summed E-state index contributed by atoms with van der Waals surface area (Å²) in [6.07, 6.45) is 1.37. The Morgan fingerprint density at radius 1 is 0.920 bits per heavy atom. The average molecular weight is 362 g/mol. The molecule has 0 bridgehead atoms. The topological polar surface area (TPSA) is 34.1 Å². The number of rotatable bonds is 4. The van der Waals surface area contributed by atoms with Gasteiger partial charge in [0.25, 0.3) is 6.43 Å². The lowest BCUT2D eigenvalue weighted by Gasteiger charge is -2.12. The molecule has 3 rings (SSSR count). The fraction of sp³-hybridized carbons (Fsp3) is 0.300. The van der Waals surface area contributed by atoms with Crippen LogP contribution in [0.15, 0.2) is 47.4 Å². The van der Waals surface area contributed by atoms with Crippen LogP contribution in [0.4, 0.5) is 8.78 Å². The summed E-state index contributed by atoms with van der Waals surface area (Å²) in [5.41, 5.74) is 4.65. The van der Waals surface area contributed by atoms with Crippen molar-refractivity contribution in [2.75, 3.05) is 6.26 Å². The van der Waals surface area contributed by atoms with Crippen molar-refractivity contribution in [3.05, 3.63) is 64.7 Å². The number of aryl methyl sites for hydroxylation is 1. The molecule has 2 aromatic rings. The molecule has 0 radical (unpaired) electrons. The summed E-state index contributed by atoms with van der Waals surface area (Å²) in [5, 5.41) is 0. The van der Waals surface area contributed by atoms with Gasteiger partial charge in [-0.1, -0.05) is 24.3 Å². The molecule has 0 spiro atoms. The molecule has 0 aliphatic heterocycles. The van der Waals surface area contributed by atoms with Gasteiger partial charge in [0, 0.05) is 11.8 Å². The van der Waals surface area contributed by atoms with Crippen molar-refractivity contribution in [1.29, 1.82) is 0 Å². The van der Waals surface area contributed by atoms with Crippen LogP contribution in [0.2, 0.25) is 0 Å². The van der Waals surface area contributed by atoms with Crippen LogP contribution in [0.3, 0.4) is 0 Å². The van der Waals surface area contributed by atoms with Gasteiger partial charge in [-0.2, -0.15) is 0 Å². The molecule has 0 saturated heterocycles. The Morgan fingerprint density at radius 3 is 2.04 bits per heavy atom. The van der Waals surface area contributed by atoms with E-state index in [1.54, 1.807) is 43.3 Å². The Balaban J connectivity index is 2.05. The Kier molecular flexibility index (Phi) is 4.78. The van der Waals surface area contributed by atoms with Crippen LogP contribution in [0.1, 0.15) is 47.9 Å². The molecule has 2 nitrogen and oxygen atoms in total. The quantitative estimate of drug-likeness (QED) is 0.727. The Bertz CT molecular complexity index is 927. The lowest BCUT2D eigenvalue weighted by atomic mass is 9.94. The second kappa shape index (κ2) is 6.71. The third kappa shape index (κ3) is 3.66. The number of alkyl halides is 2. The number of benzene rings is 2. The van der Waals surface area contributed by atoms with E-state index in [0.29, 0.717) is 5.56 Å². The smallest absolute Gasteiger partial charge is 0.224 e. The number of hydrogen-bond acceptors (Lipinski definition) is 2. The van der Waals surface area contributed by atoms with Crippen molar-refractivity contribution in [2.24, 2.45) is 0 Å². The molecule has 25 heavy (non-hydrogen) atoms.